The normalized spacial score (nSPS) is 13.9. The average Bonchev–Trinajstić information content (AvgIpc) is 3.55. The molecule has 0 aliphatic heterocycles. The lowest BCUT2D eigenvalue weighted by atomic mass is 10.0. The lowest BCUT2D eigenvalue weighted by Crippen LogP contribution is -1.92. The molecule has 0 unspecified atom stereocenters. The first-order valence-electron chi connectivity index (χ1n) is 10.9. The minimum Gasteiger partial charge on any atom is -0.443 e. The highest BCUT2D eigenvalue weighted by Crippen LogP contribution is 2.45. The Kier molecular flexibility index (Phi) is 3.13. The minimum absolute atomic E-state index is 0.848. The third-order valence-electron chi connectivity index (χ3n) is 6.68. The number of furan rings is 2. The Hall–Kier alpha value is -3.76. The Morgan fingerprint density at radius 1 is 0.750 bits per heavy atom. The molecule has 7 aromatic rings. The molecule has 32 heavy (non-hydrogen) atoms. The number of hydrogen-bond acceptors (Lipinski definition) is 3. The first-order valence-corrected chi connectivity index (χ1v) is 11.7. The smallest absolute Gasteiger partial charge is 0.216 e. The summed E-state index contributed by atoms with van der Waals surface area (Å²) in [6, 6.07) is 23.6. The standard InChI is InChI=1S/C28H17NO2S/c1-4-10-21-18(8-1)25-26-19-9-2-5-11-22(19)31-28(26)29(27(25)30-21)16-13-14-24-20(15-16)17-7-3-6-12-23(17)32-24/h1-4,6-10,12-15H,5,11H2. The van der Waals surface area contributed by atoms with Gasteiger partial charge in [-0.2, -0.15) is 0 Å². The lowest BCUT2D eigenvalue weighted by Gasteiger charge is -2.05. The maximum absolute atomic E-state index is 6.50. The predicted molar refractivity (Wildman–Crippen MR) is 133 cm³/mol. The molecule has 1 aliphatic rings. The summed E-state index contributed by atoms with van der Waals surface area (Å²) < 4.78 is 17.7. The van der Waals surface area contributed by atoms with Gasteiger partial charge in [0.1, 0.15) is 11.3 Å². The van der Waals surface area contributed by atoms with E-state index < -0.39 is 0 Å². The number of allylic oxidation sites excluding steroid dienone is 1. The van der Waals surface area contributed by atoms with Crippen LogP contribution in [0.1, 0.15) is 17.7 Å². The number of para-hydroxylation sites is 1. The fourth-order valence-corrected chi connectivity index (χ4v) is 6.35. The molecule has 8 rings (SSSR count). The first kappa shape index (κ1) is 16.9. The average molecular weight is 432 g/mol. The van der Waals surface area contributed by atoms with Gasteiger partial charge in [0, 0.05) is 37.5 Å². The molecular weight excluding hydrogens is 414 g/mol. The van der Waals surface area contributed by atoms with E-state index in [9.17, 15) is 0 Å². The molecule has 0 radical (unpaired) electrons. The van der Waals surface area contributed by atoms with Crippen LogP contribution >= 0.6 is 11.3 Å². The van der Waals surface area contributed by atoms with E-state index in [2.05, 4.69) is 71.3 Å². The highest BCUT2D eigenvalue weighted by atomic mass is 32.1. The second-order valence-electron chi connectivity index (χ2n) is 8.45. The van der Waals surface area contributed by atoms with Crippen molar-refractivity contribution in [3.8, 4) is 5.69 Å². The van der Waals surface area contributed by atoms with Gasteiger partial charge in [-0.1, -0.05) is 48.6 Å². The van der Waals surface area contributed by atoms with E-state index in [0.29, 0.717) is 0 Å². The molecule has 0 spiro atoms. The third-order valence-corrected chi connectivity index (χ3v) is 7.83. The summed E-state index contributed by atoms with van der Waals surface area (Å²) in [4.78, 5) is 0. The number of hydrogen-bond donors (Lipinski definition) is 0. The first-order chi connectivity index (χ1) is 15.9. The van der Waals surface area contributed by atoms with Crippen molar-refractivity contribution in [3.05, 3.63) is 84.1 Å². The molecule has 3 nitrogen and oxygen atoms in total. The van der Waals surface area contributed by atoms with E-state index in [1.165, 1.54) is 25.7 Å². The van der Waals surface area contributed by atoms with E-state index in [0.717, 1.165) is 57.5 Å². The van der Waals surface area contributed by atoms with Crippen LogP contribution in [0.3, 0.4) is 0 Å². The number of thiophene rings is 1. The van der Waals surface area contributed by atoms with Crippen LogP contribution < -0.4 is 0 Å². The summed E-state index contributed by atoms with van der Waals surface area (Å²) in [5, 5.41) is 6.00. The van der Waals surface area contributed by atoms with E-state index in [-0.39, 0.29) is 0 Å². The Morgan fingerprint density at radius 2 is 1.56 bits per heavy atom. The molecule has 0 saturated heterocycles. The van der Waals surface area contributed by atoms with Gasteiger partial charge in [0.2, 0.25) is 11.4 Å². The summed E-state index contributed by atoms with van der Waals surface area (Å²) in [6.07, 6.45) is 6.41. The number of benzene rings is 3. The summed E-state index contributed by atoms with van der Waals surface area (Å²) in [5.74, 6) is 1.07. The zero-order valence-electron chi connectivity index (χ0n) is 17.1. The van der Waals surface area contributed by atoms with Crippen LogP contribution in [0.15, 0.2) is 81.6 Å². The monoisotopic (exact) mass is 431 g/mol. The topological polar surface area (TPSA) is 31.2 Å². The summed E-state index contributed by atoms with van der Waals surface area (Å²) in [6.45, 7) is 0. The highest BCUT2D eigenvalue weighted by molar-refractivity contribution is 7.25. The van der Waals surface area contributed by atoms with Gasteiger partial charge >= 0.3 is 0 Å². The number of rotatable bonds is 1. The summed E-state index contributed by atoms with van der Waals surface area (Å²) in [5.41, 5.74) is 4.89. The van der Waals surface area contributed by atoms with Crippen molar-refractivity contribution in [3.63, 3.8) is 0 Å². The molecule has 0 fully saturated rings. The van der Waals surface area contributed by atoms with Gasteiger partial charge in [0.05, 0.1) is 16.5 Å². The largest absolute Gasteiger partial charge is 0.443 e. The van der Waals surface area contributed by atoms with Gasteiger partial charge < -0.3 is 8.83 Å². The van der Waals surface area contributed by atoms with Crippen molar-refractivity contribution in [1.29, 1.82) is 0 Å². The van der Waals surface area contributed by atoms with Crippen LogP contribution in [-0.4, -0.2) is 4.57 Å². The quantitative estimate of drug-likeness (QED) is 0.261. The molecule has 4 heterocycles. The van der Waals surface area contributed by atoms with Gasteiger partial charge in [-0.15, -0.1) is 11.3 Å². The Balaban J connectivity index is 1.55. The van der Waals surface area contributed by atoms with E-state index >= 15 is 0 Å². The maximum atomic E-state index is 6.50. The van der Waals surface area contributed by atoms with Crippen molar-refractivity contribution in [1.82, 2.24) is 4.57 Å². The fourth-order valence-electron chi connectivity index (χ4n) is 5.27. The molecule has 0 bridgehead atoms. The zero-order chi connectivity index (χ0) is 20.8. The summed E-state index contributed by atoms with van der Waals surface area (Å²) in [7, 11) is 0. The van der Waals surface area contributed by atoms with Crippen LogP contribution in [0, 0.1) is 0 Å². The Bertz CT molecular complexity index is 1890. The molecule has 152 valence electrons. The lowest BCUT2D eigenvalue weighted by molar-refractivity contribution is 0.527. The molecule has 3 aromatic carbocycles. The molecule has 4 heteroatoms. The van der Waals surface area contributed by atoms with Crippen molar-refractivity contribution in [2.24, 2.45) is 0 Å². The van der Waals surface area contributed by atoms with E-state index in [1.807, 2.05) is 23.5 Å². The van der Waals surface area contributed by atoms with E-state index in [1.54, 1.807) is 0 Å². The van der Waals surface area contributed by atoms with Crippen molar-refractivity contribution in [2.45, 2.75) is 12.8 Å². The minimum atomic E-state index is 0.848. The highest BCUT2D eigenvalue weighted by Gasteiger charge is 2.27. The van der Waals surface area contributed by atoms with Crippen molar-refractivity contribution >= 4 is 70.8 Å². The van der Waals surface area contributed by atoms with Crippen LogP contribution in [0.5, 0.6) is 0 Å². The summed E-state index contributed by atoms with van der Waals surface area (Å²) >= 11 is 1.84. The zero-order valence-corrected chi connectivity index (χ0v) is 17.9. The van der Waals surface area contributed by atoms with Crippen LogP contribution in [0.4, 0.5) is 0 Å². The number of nitrogens with zero attached hydrogens (tertiary/aromatic N) is 1. The molecule has 4 aromatic heterocycles. The van der Waals surface area contributed by atoms with Gasteiger partial charge in [-0.05, 0) is 36.8 Å². The SMILES string of the molecule is C1=Cc2c(oc3c2c2c4ccccc4oc2n3-c2ccc3sc4ccccc4c3c2)CC1. The Labute approximate surface area is 186 Å². The predicted octanol–water partition coefficient (Wildman–Crippen LogP) is 8.45. The Morgan fingerprint density at radius 3 is 2.53 bits per heavy atom. The number of fused-ring (bicyclic) bond motifs is 10. The second-order valence-corrected chi connectivity index (χ2v) is 9.54. The van der Waals surface area contributed by atoms with Crippen LogP contribution in [0.25, 0.3) is 65.1 Å². The molecule has 0 N–H and O–H groups in total. The molecular formula is C28H17NO2S. The molecule has 1 aliphatic carbocycles. The van der Waals surface area contributed by atoms with E-state index in [4.69, 9.17) is 8.83 Å². The maximum Gasteiger partial charge on any atom is 0.216 e. The third kappa shape index (κ3) is 2.05. The molecule has 0 saturated carbocycles. The number of aryl methyl sites for hydroxylation is 1. The second kappa shape index (κ2) is 5.93. The van der Waals surface area contributed by atoms with Gasteiger partial charge in [-0.3, -0.25) is 0 Å². The van der Waals surface area contributed by atoms with Gasteiger partial charge in [-0.25, -0.2) is 4.57 Å². The van der Waals surface area contributed by atoms with Crippen molar-refractivity contribution in [2.75, 3.05) is 0 Å². The number of aromatic nitrogens is 1. The van der Waals surface area contributed by atoms with Gasteiger partial charge in [0.15, 0.2) is 0 Å². The van der Waals surface area contributed by atoms with Crippen LogP contribution in [-0.2, 0) is 6.42 Å². The molecule has 0 amide bonds. The van der Waals surface area contributed by atoms with Crippen molar-refractivity contribution < 1.29 is 8.83 Å². The fraction of sp³-hybridized carbons (Fsp3) is 0.0714. The molecule has 0 atom stereocenters. The van der Waals surface area contributed by atoms with Gasteiger partial charge in [0.25, 0.3) is 0 Å². The van der Waals surface area contributed by atoms with Crippen LogP contribution in [0.2, 0.25) is 0 Å².